The summed E-state index contributed by atoms with van der Waals surface area (Å²) in [4.78, 5) is 7.74. The van der Waals surface area contributed by atoms with E-state index >= 15 is 0 Å². The summed E-state index contributed by atoms with van der Waals surface area (Å²) >= 11 is 0. The molecule has 0 saturated heterocycles. The quantitative estimate of drug-likeness (QED) is 0.164. The molecule has 0 aliphatic heterocycles. The van der Waals surface area contributed by atoms with Crippen molar-refractivity contribution in [2.45, 2.75) is 26.2 Å². The lowest BCUT2D eigenvalue weighted by molar-refractivity contribution is 0.590. The first-order chi connectivity index (χ1) is 25.4. The molecule has 0 fully saturated rings. The lowest BCUT2D eigenvalue weighted by Gasteiger charge is -2.25. The number of anilines is 3. The highest BCUT2D eigenvalue weighted by molar-refractivity contribution is 6.24. The van der Waals surface area contributed by atoms with Gasteiger partial charge in [0.25, 0.3) is 0 Å². The Hall–Kier alpha value is -6.45. The minimum absolute atomic E-state index is 0.0699. The topological polar surface area (TPSA) is 21.1 Å². The number of nitrogens with zero attached hydrogens (tertiary/aromatic N) is 3. The molecule has 0 aliphatic carbocycles. The molecule has 0 saturated carbocycles. The van der Waals surface area contributed by atoms with E-state index in [1.807, 2.05) is 0 Å². The first-order valence-electron chi connectivity index (χ1n) is 18.0. The zero-order valence-electron chi connectivity index (χ0n) is 29.7. The van der Waals surface area contributed by atoms with Crippen molar-refractivity contribution in [3.8, 4) is 28.2 Å². The Morgan fingerprint density at radius 3 is 1.42 bits per heavy atom. The molecule has 0 atom stereocenters. The number of benzene rings is 8. The summed E-state index contributed by atoms with van der Waals surface area (Å²) in [5.41, 5.74) is 11.4. The first kappa shape index (κ1) is 31.5. The smallest absolute Gasteiger partial charge is 0.145 e. The van der Waals surface area contributed by atoms with Crippen molar-refractivity contribution in [3.05, 3.63) is 188 Å². The van der Waals surface area contributed by atoms with E-state index in [9.17, 15) is 0 Å². The number of fused-ring (bicyclic) bond motifs is 6. The lowest BCUT2D eigenvalue weighted by Crippen LogP contribution is -2.10. The van der Waals surface area contributed by atoms with Gasteiger partial charge >= 0.3 is 0 Å². The van der Waals surface area contributed by atoms with E-state index in [-0.39, 0.29) is 5.41 Å². The molecule has 0 unspecified atom stereocenters. The van der Waals surface area contributed by atoms with E-state index in [0.717, 1.165) is 50.7 Å². The van der Waals surface area contributed by atoms with Crippen molar-refractivity contribution in [2.24, 2.45) is 0 Å². The third-order valence-electron chi connectivity index (χ3n) is 10.2. The van der Waals surface area contributed by atoms with E-state index in [1.54, 1.807) is 0 Å². The molecule has 1 aromatic heterocycles. The maximum absolute atomic E-state index is 5.44. The molecule has 9 rings (SSSR count). The van der Waals surface area contributed by atoms with E-state index in [1.165, 1.54) is 32.7 Å². The summed E-state index contributed by atoms with van der Waals surface area (Å²) in [6.45, 7) is 6.77. The molecule has 9 aromatic rings. The number of hydrogen-bond donors (Lipinski definition) is 0. The molecule has 3 heteroatoms. The van der Waals surface area contributed by atoms with Crippen LogP contribution in [0.2, 0.25) is 0 Å². The monoisotopic (exact) mass is 669 g/mol. The number of hydrogen-bond acceptors (Lipinski definition) is 2. The molecule has 0 amide bonds. The van der Waals surface area contributed by atoms with Crippen LogP contribution in [0.15, 0.2) is 182 Å². The fourth-order valence-electron chi connectivity index (χ4n) is 7.48. The van der Waals surface area contributed by atoms with Gasteiger partial charge in [-0.05, 0) is 81.4 Å². The normalized spacial score (nSPS) is 11.8. The van der Waals surface area contributed by atoms with Crippen LogP contribution in [0, 0.1) is 0 Å². The average molecular weight is 670 g/mol. The summed E-state index contributed by atoms with van der Waals surface area (Å²) in [6.07, 6.45) is 0. The molecule has 8 aromatic carbocycles. The highest BCUT2D eigenvalue weighted by atomic mass is 15.1. The molecule has 0 N–H and O–H groups in total. The molecule has 52 heavy (non-hydrogen) atoms. The molecule has 1 heterocycles. The number of rotatable bonds is 6. The Morgan fingerprint density at radius 2 is 0.865 bits per heavy atom. The van der Waals surface area contributed by atoms with Gasteiger partial charge in [-0.2, -0.15) is 0 Å². The molecular weight excluding hydrogens is 631 g/mol. The van der Waals surface area contributed by atoms with Crippen molar-refractivity contribution >= 4 is 49.6 Å². The van der Waals surface area contributed by atoms with Gasteiger partial charge in [0.15, 0.2) is 0 Å². The lowest BCUT2D eigenvalue weighted by atomic mass is 9.86. The van der Waals surface area contributed by atoms with Crippen molar-refractivity contribution in [3.63, 3.8) is 0 Å². The van der Waals surface area contributed by atoms with Crippen LogP contribution in [-0.4, -0.2) is 9.55 Å². The van der Waals surface area contributed by atoms with E-state index in [4.69, 9.17) is 4.98 Å². The van der Waals surface area contributed by atoms with Crippen LogP contribution in [0.25, 0.3) is 60.8 Å². The average Bonchev–Trinajstić information content (AvgIpc) is 3.60. The van der Waals surface area contributed by atoms with E-state index in [0.29, 0.717) is 0 Å². The molecule has 0 radical (unpaired) electrons. The zero-order valence-corrected chi connectivity index (χ0v) is 29.7. The van der Waals surface area contributed by atoms with Crippen molar-refractivity contribution < 1.29 is 0 Å². The molecule has 0 bridgehead atoms. The van der Waals surface area contributed by atoms with Crippen molar-refractivity contribution in [2.75, 3.05) is 4.90 Å². The Bertz CT molecular complexity index is 2630. The number of imidazole rings is 1. The van der Waals surface area contributed by atoms with Gasteiger partial charge in [-0.15, -0.1) is 0 Å². The first-order valence-corrected chi connectivity index (χ1v) is 18.0. The Labute approximate surface area is 305 Å². The Balaban J connectivity index is 1.16. The predicted molar refractivity (Wildman–Crippen MR) is 220 cm³/mol. The van der Waals surface area contributed by atoms with Crippen LogP contribution in [0.5, 0.6) is 0 Å². The number of para-hydroxylation sites is 2. The second-order valence-electron chi connectivity index (χ2n) is 14.5. The Morgan fingerprint density at radius 1 is 0.423 bits per heavy atom. The standard InChI is InChI=1S/C49H39N3/c1-49(2,3)37-28-22-36(23-29-37)48-50-46-44-20-12-10-18-42(44)43-19-11-13-21-45(43)47(46)52(48)41-32-26-35(27-33-41)34-24-30-40(31-25-34)51(38-14-6-4-7-15-38)39-16-8-5-9-17-39/h4-33H,1-3H3. The summed E-state index contributed by atoms with van der Waals surface area (Å²) in [6, 6.07) is 65.2. The fraction of sp³-hybridized carbons (Fsp3) is 0.0816. The second-order valence-corrected chi connectivity index (χ2v) is 14.5. The molecule has 250 valence electrons. The molecule has 3 nitrogen and oxygen atoms in total. The van der Waals surface area contributed by atoms with Crippen LogP contribution in [0.3, 0.4) is 0 Å². The summed E-state index contributed by atoms with van der Waals surface area (Å²) in [5.74, 6) is 0.941. The van der Waals surface area contributed by atoms with E-state index < -0.39 is 0 Å². The van der Waals surface area contributed by atoms with Gasteiger partial charge in [0.2, 0.25) is 0 Å². The zero-order chi connectivity index (χ0) is 35.2. The maximum Gasteiger partial charge on any atom is 0.145 e. The highest BCUT2D eigenvalue weighted by Crippen LogP contribution is 2.40. The van der Waals surface area contributed by atoms with Crippen LogP contribution in [-0.2, 0) is 5.41 Å². The third kappa shape index (κ3) is 5.52. The van der Waals surface area contributed by atoms with Gasteiger partial charge in [0, 0.05) is 39.1 Å². The fourth-order valence-corrected chi connectivity index (χ4v) is 7.48. The SMILES string of the molecule is CC(C)(C)c1ccc(-c2nc3c4ccccc4c4ccccc4c3n2-c2ccc(-c3ccc(N(c4ccccc4)c4ccccc4)cc3)cc2)cc1. The van der Waals surface area contributed by atoms with E-state index in [2.05, 4.69) is 212 Å². The summed E-state index contributed by atoms with van der Waals surface area (Å²) in [7, 11) is 0. The summed E-state index contributed by atoms with van der Waals surface area (Å²) < 4.78 is 2.36. The van der Waals surface area contributed by atoms with Gasteiger partial charge < -0.3 is 4.90 Å². The van der Waals surface area contributed by atoms with Gasteiger partial charge in [0.1, 0.15) is 5.82 Å². The minimum atomic E-state index is 0.0699. The van der Waals surface area contributed by atoms with Gasteiger partial charge in [-0.25, -0.2) is 4.98 Å². The predicted octanol–water partition coefficient (Wildman–Crippen LogP) is 13.4. The van der Waals surface area contributed by atoms with Crippen LogP contribution < -0.4 is 4.90 Å². The maximum atomic E-state index is 5.44. The molecule has 0 aliphatic rings. The van der Waals surface area contributed by atoms with Crippen LogP contribution >= 0.6 is 0 Å². The number of aromatic nitrogens is 2. The highest BCUT2D eigenvalue weighted by Gasteiger charge is 2.21. The minimum Gasteiger partial charge on any atom is -0.311 e. The van der Waals surface area contributed by atoms with Gasteiger partial charge in [-0.1, -0.05) is 154 Å². The molecular formula is C49H39N3. The van der Waals surface area contributed by atoms with Crippen molar-refractivity contribution in [1.82, 2.24) is 9.55 Å². The molecule has 0 spiro atoms. The third-order valence-corrected chi connectivity index (χ3v) is 10.2. The largest absolute Gasteiger partial charge is 0.311 e. The Kier molecular flexibility index (Phi) is 7.70. The van der Waals surface area contributed by atoms with Crippen LogP contribution in [0.1, 0.15) is 26.3 Å². The second kappa shape index (κ2) is 12.7. The van der Waals surface area contributed by atoms with Gasteiger partial charge in [-0.3, -0.25) is 4.57 Å². The summed E-state index contributed by atoms with van der Waals surface area (Å²) in [5, 5.41) is 4.82. The van der Waals surface area contributed by atoms with Crippen molar-refractivity contribution in [1.29, 1.82) is 0 Å². The van der Waals surface area contributed by atoms with Gasteiger partial charge in [0.05, 0.1) is 11.0 Å². The van der Waals surface area contributed by atoms with Crippen LogP contribution in [0.4, 0.5) is 17.1 Å².